The number of aromatic nitrogens is 2. The third-order valence-corrected chi connectivity index (χ3v) is 8.41. The third-order valence-electron chi connectivity index (χ3n) is 8.41. The second-order valence-electron chi connectivity index (χ2n) is 12.0. The number of nitrogens with zero attached hydrogens (tertiary/aromatic N) is 3. The van der Waals surface area contributed by atoms with Gasteiger partial charge >= 0.3 is 0 Å². The van der Waals surface area contributed by atoms with Gasteiger partial charge in [0.05, 0.1) is 25.6 Å². The predicted molar refractivity (Wildman–Crippen MR) is 184 cm³/mol. The molecule has 0 saturated heterocycles. The van der Waals surface area contributed by atoms with Crippen LogP contribution >= 0.6 is 0 Å². The van der Waals surface area contributed by atoms with E-state index in [1.165, 1.54) is 19.3 Å². The molecule has 1 aliphatic rings. The molecular weight excluding hydrogens is 592 g/mol. The summed E-state index contributed by atoms with van der Waals surface area (Å²) in [5, 5.41) is 8.04. The SMILES string of the molecule is COc1cc(C=C(C(=O)N(C)C)c2ccc(Oc3c(CCC(=O)NC4CCCCC4)c(C)nn3-c3ccccc3)cc2)cc(OC)c1. The van der Waals surface area contributed by atoms with Gasteiger partial charge in [0.25, 0.3) is 5.91 Å². The van der Waals surface area contributed by atoms with E-state index in [0.29, 0.717) is 41.5 Å². The van der Waals surface area contributed by atoms with E-state index in [4.69, 9.17) is 19.3 Å². The van der Waals surface area contributed by atoms with Crippen LogP contribution in [0.5, 0.6) is 23.1 Å². The Balaban J connectivity index is 1.43. The molecule has 9 heteroatoms. The number of hydrogen-bond donors (Lipinski definition) is 1. The van der Waals surface area contributed by atoms with Gasteiger partial charge in [-0.3, -0.25) is 9.59 Å². The normalized spacial score (nSPS) is 13.6. The first-order chi connectivity index (χ1) is 22.7. The molecule has 0 unspecified atom stereocenters. The maximum absolute atomic E-state index is 13.4. The van der Waals surface area contributed by atoms with E-state index in [1.807, 2.05) is 79.7 Å². The summed E-state index contributed by atoms with van der Waals surface area (Å²) in [6, 6.07) is 23.0. The van der Waals surface area contributed by atoms with Gasteiger partial charge in [0.1, 0.15) is 17.2 Å². The van der Waals surface area contributed by atoms with Crippen molar-refractivity contribution in [2.75, 3.05) is 28.3 Å². The van der Waals surface area contributed by atoms with Gasteiger partial charge in [-0.15, -0.1) is 0 Å². The Bertz CT molecular complexity index is 1680. The van der Waals surface area contributed by atoms with E-state index < -0.39 is 0 Å². The molecule has 4 aromatic rings. The highest BCUT2D eigenvalue weighted by atomic mass is 16.5. The highest BCUT2D eigenvalue weighted by Crippen LogP contribution is 2.33. The Morgan fingerprint density at radius 3 is 2.19 bits per heavy atom. The number of para-hydroxylation sites is 1. The number of carbonyl (C=O) groups excluding carboxylic acids is 2. The molecule has 1 N–H and O–H groups in total. The van der Waals surface area contributed by atoms with E-state index in [9.17, 15) is 9.59 Å². The molecule has 0 spiro atoms. The topological polar surface area (TPSA) is 94.9 Å². The van der Waals surface area contributed by atoms with E-state index in [2.05, 4.69) is 5.32 Å². The molecule has 246 valence electrons. The number of ether oxygens (including phenoxy) is 3. The van der Waals surface area contributed by atoms with Crippen LogP contribution < -0.4 is 19.5 Å². The predicted octanol–water partition coefficient (Wildman–Crippen LogP) is 7.00. The Labute approximate surface area is 277 Å². The van der Waals surface area contributed by atoms with Crippen molar-refractivity contribution in [3.8, 4) is 28.8 Å². The van der Waals surface area contributed by atoms with E-state index >= 15 is 0 Å². The number of methoxy groups -OCH3 is 2. The summed E-state index contributed by atoms with van der Waals surface area (Å²) in [6.45, 7) is 1.95. The quantitative estimate of drug-likeness (QED) is 0.133. The second-order valence-corrected chi connectivity index (χ2v) is 12.0. The van der Waals surface area contributed by atoms with Crippen molar-refractivity contribution >= 4 is 23.5 Å². The Kier molecular flexibility index (Phi) is 11.0. The minimum atomic E-state index is -0.146. The number of nitrogens with one attached hydrogen (secondary N) is 1. The summed E-state index contributed by atoms with van der Waals surface area (Å²) in [6.07, 6.45) is 8.35. The molecule has 1 saturated carbocycles. The first kappa shape index (κ1) is 33.3. The molecule has 1 aromatic heterocycles. The number of aryl methyl sites for hydroxylation is 1. The minimum absolute atomic E-state index is 0.0533. The highest BCUT2D eigenvalue weighted by Gasteiger charge is 2.22. The zero-order valence-electron chi connectivity index (χ0n) is 27.9. The van der Waals surface area contributed by atoms with Crippen molar-refractivity contribution in [2.45, 2.75) is 57.9 Å². The Morgan fingerprint density at radius 1 is 0.915 bits per heavy atom. The molecule has 9 nitrogen and oxygen atoms in total. The van der Waals surface area contributed by atoms with Crippen molar-refractivity contribution in [1.82, 2.24) is 20.0 Å². The molecule has 0 atom stereocenters. The van der Waals surface area contributed by atoms with Crippen molar-refractivity contribution in [3.63, 3.8) is 0 Å². The van der Waals surface area contributed by atoms with Gasteiger partial charge in [-0.2, -0.15) is 5.10 Å². The van der Waals surface area contributed by atoms with Crippen molar-refractivity contribution in [2.24, 2.45) is 0 Å². The lowest BCUT2D eigenvalue weighted by molar-refractivity contribution is -0.123. The van der Waals surface area contributed by atoms with Gasteiger partial charge in [0, 0.05) is 43.8 Å². The fourth-order valence-corrected chi connectivity index (χ4v) is 5.86. The lowest BCUT2D eigenvalue weighted by Crippen LogP contribution is -2.36. The highest BCUT2D eigenvalue weighted by molar-refractivity contribution is 6.24. The molecule has 3 aromatic carbocycles. The van der Waals surface area contributed by atoms with E-state index in [1.54, 1.807) is 44.0 Å². The minimum Gasteiger partial charge on any atom is -0.497 e. The zero-order valence-corrected chi connectivity index (χ0v) is 27.9. The smallest absolute Gasteiger partial charge is 0.253 e. The fraction of sp³-hybridized carbons (Fsp3) is 0.342. The van der Waals surface area contributed by atoms with Crippen LogP contribution in [0.25, 0.3) is 17.3 Å². The van der Waals surface area contributed by atoms with Crippen LogP contribution in [0.4, 0.5) is 0 Å². The maximum atomic E-state index is 13.4. The molecule has 0 bridgehead atoms. The summed E-state index contributed by atoms with van der Waals surface area (Å²) >= 11 is 0. The van der Waals surface area contributed by atoms with Gasteiger partial charge in [-0.05, 0) is 79.8 Å². The van der Waals surface area contributed by atoms with Gasteiger partial charge in [-0.1, -0.05) is 49.6 Å². The average molecular weight is 637 g/mol. The molecular formula is C38H44N4O5. The van der Waals surface area contributed by atoms with Crippen LogP contribution in [0.3, 0.4) is 0 Å². The van der Waals surface area contributed by atoms with Gasteiger partial charge in [-0.25, -0.2) is 4.68 Å². The molecule has 47 heavy (non-hydrogen) atoms. The van der Waals surface area contributed by atoms with Gasteiger partial charge in [0.2, 0.25) is 11.8 Å². The summed E-state index contributed by atoms with van der Waals surface area (Å²) in [5.41, 5.74) is 4.55. The molecule has 1 aliphatic carbocycles. The number of benzene rings is 3. The third kappa shape index (κ3) is 8.41. The number of amides is 2. The number of hydrogen-bond acceptors (Lipinski definition) is 6. The molecule has 1 fully saturated rings. The number of carbonyl (C=O) groups is 2. The van der Waals surface area contributed by atoms with E-state index in [0.717, 1.165) is 40.9 Å². The Morgan fingerprint density at radius 2 is 1.57 bits per heavy atom. The fourth-order valence-electron chi connectivity index (χ4n) is 5.86. The number of likely N-dealkylation sites (N-methyl/N-ethyl adjacent to an activating group) is 1. The standard InChI is InChI=1S/C38H44N4O5/c1-26-34(20-21-36(43)39-29-12-8-6-9-13-29)38(42(40-26)30-14-10-7-11-15-30)47-31-18-16-28(17-19-31)35(37(44)41(2)3)24-27-22-32(45-4)25-33(23-27)46-5/h7,10-11,14-19,22-25,29H,6,8-9,12-13,20-21H2,1-5H3,(H,39,43). The van der Waals surface area contributed by atoms with Crippen LogP contribution in [0.15, 0.2) is 72.8 Å². The Hall–Kier alpha value is -5.05. The molecule has 0 radical (unpaired) electrons. The summed E-state index contributed by atoms with van der Waals surface area (Å²) in [5.74, 6) is 2.31. The first-order valence-electron chi connectivity index (χ1n) is 16.1. The summed E-state index contributed by atoms with van der Waals surface area (Å²) < 4.78 is 19.2. The van der Waals surface area contributed by atoms with Gasteiger partial charge < -0.3 is 24.4 Å². The second kappa shape index (κ2) is 15.5. The van der Waals surface area contributed by atoms with Crippen LogP contribution in [0.2, 0.25) is 0 Å². The van der Waals surface area contributed by atoms with Crippen LogP contribution in [-0.4, -0.2) is 60.9 Å². The molecule has 5 rings (SSSR count). The lowest BCUT2D eigenvalue weighted by atomic mass is 9.95. The largest absolute Gasteiger partial charge is 0.497 e. The monoisotopic (exact) mass is 636 g/mol. The van der Waals surface area contributed by atoms with Crippen LogP contribution in [0.1, 0.15) is 60.9 Å². The lowest BCUT2D eigenvalue weighted by Gasteiger charge is -2.22. The van der Waals surface area contributed by atoms with Crippen molar-refractivity contribution < 1.29 is 23.8 Å². The summed E-state index contributed by atoms with van der Waals surface area (Å²) in [4.78, 5) is 27.8. The average Bonchev–Trinajstić information content (AvgIpc) is 3.40. The van der Waals surface area contributed by atoms with Crippen molar-refractivity contribution in [3.05, 3.63) is 95.2 Å². The van der Waals surface area contributed by atoms with E-state index in [-0.39, 0.29) is 17.9 Å². The zero-order chi connectivity index (χ0) is 33.3. The first-order valence-corrected chi connectivity index (χ1v) is 16.1. The van der Waals surface area contributed by atoms with Gasteiger partial charge in [0.15, 0.2) is 0 Å². The van der Waals surface area contributed by atoms with Crippen molar-refractivity contribution in [1.29, 1.82) is 0 Å². The number of rotatable bonds is 12. The van der Waals surface area contributed by atoms with Crippen LogP contribution in [-0.2, 0) is 16.0 Å². The molecule has 0 aliphatic heterocycles. The summed E-state index contributed by atoms with van der Waals surface area (Å²) in [7, 11) is 6.64. The molecule has 2 amide bonds. The molecule has 1 heterocycles. The van der Waals surface area contributed by atoms with Crippen LogP contribution in [0, 0.1) is 6.92 Å². The maximum Gasteiger partial charge on any atom is 0.253 e.